The van der Waals surface area contributed by atoms with Crippen LogP contribution >= 0.6 is 24.0 Å². The number of carbonyl (C=O) groups is 1. The lowest BCUT2D eigenvalue weighted by Gasteiger charge is -2.32. The summed E-state index contributed by atoms with van der Waals surface area (Å²) in [6, 6.07) is 7.55. The van der Waals surface area contributed by atoms with Gasteiger partial charge < -0.3 is 25.6 Å². The number of hydrogen-bond acceptors (Lipinski definition) is 8. The quantitative estimate of drug-likeness (QED) is 0.248. The molecule has 34 heavy (non-hydrogen) atoms. The molecule has 1 aromatic carbocycles. The van der Waals surface area contributed by atoms with Crippen LogP contribution in [0.15, 0.2) is 24.3 Å². The number of tetrazole rings is 1. The molecule has 10 nitrogen and oxygen atoms in total. The lowest BCUT2D eigenvalue weighted by molar-refractivity contribution is -0.122. The molecule has 0 radical (unpaired) electrons. The predicted octanol–water partition coefficient (Wildman–Crippen LogP) is 1.43. The zero-order valence-electron chi connectivity index (χ0n) is 19.4. The number of nitrogens with one attached hydrogen (secondary N) is 2. The molecule has 1 aliphatic heterocycles. The van der Waals surface area contributed by atoms with E-state index in [0.717, 1.165) is 44.3 Å². The zero-order valence-corrected chi connectivity index (χ0v) is 21.0. The normalized spacial score (nSPS) is 15.5. The first-order chi connectivity index (χ1) is 15.9. The number of hydrogen-bond donors (Lipinski definition) is 4. The minimum absolute atomic E-state index is 0. The van der Waals surface area contributed by atoms with Crippen LogP contribution in [-0.2, 0) is 17.9 Å². The van der Waals surface area contributed by atoms with Crippen molar-refractivity contribution in [1.29, 1.82) is 0 Å². The molecule has 2 aromatic rings. The van der Waals surface area contributed by atoms with Gasteiger partial charge in [0, 0.05) is 17.6 Å². The molecule has 1 fully saturated rings. The van der Waals surface area contributed by atoms with Crippen molar-refractivity contribution in [3.05, 3.63) is 40.7 Å². The standard InChI is InChI=1S/C21H33BClN7O3.ClH/c1-29-12-9-18(10-13-29)25-19(4-2-3-11-22(32)33)21-26-27-28-30(21)15-20(31)24-14-16-5-7-17(23)8-6-16;/h5-8,18-19,25,32-33H,2-4,9-15H2,1H3,(H,24,31);1H. The Bertz CT molecular complexity index is 864. The number of amides is 1. The van der Waals surface area contributed by atoms with Crippen LogP contribution in [0.1, 0.15) is 49.5 Å². The van der Waals surface area contributed by atoms with Gasteiger partial charge in [0.2, 0.25) is 5.91 Å². The molecule has 1 atom stereocenters. The van der Waals surface area contributed by atoms with Crippen molar-refractivity contribution in [3.8, 4) is 0 Å². The van der Waals surface area contributed by atoms with Crippen LogP contribution in [0.5, 0.6) is 0 Å². The van der Waals surface area contributed by atoms with E-state index in [9.17, 15) is 4.79 Å². The molecule has 13 heteroatoms. The third-order valence-electron chi connectivity index (χ3n) is 5.93. The highest BCUT2D eigenvalue weighted by atomic mass is 35.5. The van der Waals surface area contributed by atoms with Gasteiger partial charge >= 0.3 is 7.12 Å². The van der Waals surface area contributed by atoms with E-state index in [1.807, 2.05) is 12.1 Å². The molecule has 0 spiro atoms. The van der Waals surface area contributed by atoms with E-state index in [1.54, 1.807) is 16.8 Å². The molecule has 2 heterocycles. The van der Waals surface area contributed by atoms with Gasteiger partial charge in [-0.1, -0.05) is 36.6 Å². The molecule has 3 rings (SSSR count). The van der Waals surface area contributed by atoms with Gasteiger partial charge in [0.25, 0.3) is 0 Å². The fourth-order valence-corrected chi connectivity index (χ4v) is 4.12. The lowest BCUT2D eigenvalue weighted by atomic mass is 9.83. The molecule has 0 bridgehead atoms. The van der Waals surface area contributed by atoms with Gasteiger partial charge in [-0.05, 0) is 73.8 Å². The van der Waals surface area contributed by atoms with E-state index in [1.165, 1.54) is 0 Å². The maximum absolute atomic E-state index is 12.6. The number of halogens is 2. The summed E-state index contributed by atoms with van der Waals surface area (Å²) in [5.74, 6) is 0.445. The van der Waals surface area contributed by atoms with Crippen LogP contribution in [0.4, 0.5) is 0 Å². The summed E-state index contributed by atoms with van der Waals surface area (Å²) in [6.45, 7) is 2.48. The van der Waals surface area contributed by atoms with Gasteiger partial charge in [-0.2, -0.15) is 0 Å². The van der Waals surface area contributed by atoms with Gasteiger partial charge in [0.05, 0.1) is 6.04 Å². The molecule has 1 amide bonds. The Morgan fingerprint density at radius 1 is 1.24 bits per heavy atom. The largest absolute Gasteiger partial charge is 0.451 e. The lowest BCUT2D eigenvalue weighted by Crippen LogP contribution is -2.43. The van der Waals surface area contributed by atoms with Gasteiger partial charge in [0.15, 0.2) is 5.82 Å². The predicted molar refractivity (Wildman–Crippen MR) is 134 cm³/mol. The highest BCUT2D eigenvalue weighted by Gasteiger charge is 2.25. The highest BCUT2D eigenvalue weighted by molar-refractivity contribution is 6.40. The Balaban J connectivity index is 0.00000408. The molecular formula is C21H34BCl2N7O3. The summed E-state index contributed by atoms with van der Waals surface area (Å²) in [5, 5.41) is 37.6. The van der Waals surface area contributed by atoms with Crippen molar-refractivity contribution in [2.24, 2.45) is 0 Å². The van der Waals surface area contributed by atoms with E-state index >= 15 is 0 Å². The Morgan fingerprint density at radius 2 is 1.94 bits per heavy atom. The molecular weight excluding hydrogens is 480 g/mol. The summed E-state index contributed by atoms with van der Waals surface area (Å²) in [4.78, 5) is 14.9. The minimum atomic E-state index is -1.29. The van der Waals surface area contributed by atoms with Gasteiger partial charge in [-0.15, -0.1) is 17.5 Å². The summed E-state index contributed by atoms with van der Waals surface area (Å²) < 4.78 is 1.55. The van der Waals surface area contributed by atoms with Gasteiger partial charge in [0.1, 0.15) is 6.54 Å². The number of unbranched alkanes of at least 4 members (excludes halogenated alkanes) is 1. The first-order valence-electron chi connectivity index (χ1n) is 11.5. The molecule has 0 aliphatic carbocycles. The summed E-state index contributed by atoms with van der Waals surface area (Å²) >= 11 is 5.91. The number of aromatic nitrogens is 4. The Morgan fingerprint density at radius 3 is 2.62 bits per heavy atom. The number of rotatable bonds is 12. The summed E-state index contributed by atoms with van der Waals surface area (Å²) in [7, 11) is 0.830. The maximum atomic E-state index is 12.6. The molecule has 4 N–H and O–H groups in total. The van der Waals surface area contributed by atoms with E-state index in [2.05, 4.69) is 38.1 Å². The van der Waals surface area contributed by atoms with Crippen molar-refractivity contribution in [1.82, 2.24) is 35.7 Å². The SMILES string of the molecule is CN1CCC(NC(CCCCB(O)O)c2nnnn2CC(=O)NCc2ccc(Cl)cc2)CC1.Cl. The highest BCUT2D eigenvalue weighted by Crippen LogP contribution is 2.21. The van der Waals surface area contributed by atoms with Crippen LogP contribution < -0.4 is 10.6 Å². The van der Waals surface area contributed by atoms with Crippen molar-refractivity contribution in [2.75, 3.05) is 20.1 Å². The summed E-state index contributed by atoms with van der Waals surface area (Å²) in [5.41, 5.74) is 0.956. The average Bonchev–Trinajstić information content (AvgIpc) is 3.24. The van der Waals surface area contributed by atoms with E-state index in [-0.39, 0.29) is 30.9 Å². The fraction of sp³-hybridized carbons (Fsp3) is 0.619. The van der Waals surface area contributed by atoms with E-state index < -0.39 is 7.12 Å². The second-order valence-electron chi connectivity index (χ2n) is 8.66. The first-order valence-corrected chi connectivity index (χ1v) is 11.9. The molecule has 1 saturated heterocycles. The van der Waals surface area contributed by atoms with E-state index in [4.69, 9.17) is 21.6 Å². The second-order valence-corrected chi connectivity index (χ2v) is 9.10. The third-order valence-corrected chi connectivity index (χ3v) is 6.18. The number of benzene rings is 1. The topological polar surface area (TPSA) is 128 Å². The monoisotopic (exact) mass is 513 g/mol. The van der Waals surface area contributed by atoms with Gasteiger partial charge in [-0.25, -0.2) is 4.68 Å². The Hall–Kier alpha value is -1.76. The Labute approximate surface area is 212 Å². The zero-order chi connectivity index (χ0) is 23.6. The number of carbonyl (C=O) groups excluding carboxylic acids is 1. The third kappa shape index (κ3) is 9.48. The molecule has 0 saturated carbocycles. The number of likely N-dealkylation sites (tertiary alicyclic amines) is 1. The maximum Gasteiger partial charge on any atom is 0.451 e. The smallest absolute Gasteiger partial charge is 0.427 e. The van der Waals surface area contributed by atoms with E-state index in [0.29, 0.717) is 36.2 Å². The van der Waals surface area contributed by atoms with Crippen LogP contribution in [0.2, 0.25) is 11.3 Å². The van der Waals surface area contributed by atoms with Crippen LogP contribution in [-0.4, -0.2) is 74.4 Å². The number of nitrogens with zero attached hydrogens (tertiary/aromatic N) is 5. The summed E-state index contributed by atoms with van der Waals surface area (Å²) in [6.07, 6.45) is 4.62. The van der Waals surface area contributed by atoms with Gasteiger partial charge in [-0.3, -0.25) is 4.79 Å². The molecule has 188 valence electrons. The van der Waals surface area contributed by atoms with Crippen molar-refractivity contribution in [2.45, 2.75) is 63.6 Å². The van der Waals surface area contributed by atoms with Crippen molar-refractivity contribution < 1.29 is 14.8 Å². The number of piperidine rings is 1. The van der Waals surface area contributed by atoms with Crippen LogP contribution in [0, 0.1) is 0 Å². The molecule has 1 unspecified atom stereocenters. The average molecular weight is 514 g/mol. The van der Waals surface area contributed by atoms with Crippen LogP contribution in [0.25, 0.3) is 0 Å². The second kappa shape index (κ2) is 14.6. The molecule has 1 aliphatic rings. The van der Waals surface area contributed by atoms with Crippen LogP contribution in [0.3, 0.4) is 0 Å². The Kier molecular flexibility index (Phi) is 12.2. The first kappa shape index (κ1) is 28.5. The minimum Gasteiger partial charge on any atom is -0.427 e. The fourth-order valence-electron chi connectivity index (χ4n) is 3.99. The van der Waals surface area contributed by atoms with Crippen molar-refractivity contribution >= 4 is 37.0 Å². The van der Waals surface area contributed by atoms with Crippen molar-refractivity contribution in [3.63, 3.8) is 0 Å². The molecule has 1 aromatic heterocycles.